The smallest absolute Gasteiger partial charge is 0.410 e. The molecule has 11 heteroatoms. The van der Waals surface area contributed by atoms with Crippen LogP contribution in [-0.4, -0.2) is 65.0 Å². The van der Waals surface area contributed by atoms with E-state index in [4.69, 9.17) is 25.8 Å². The van der Waals surface area contributed by atoms with E-state index in [1.807, 2.05) is 32.9 Å². The van der Waals surface area contributed by atoms with Crippen molar-refractivity contribution in [3.05, 3.63) is 47.5 Å². The van der Waals surface area contributed by atoms with E-state index in [1.165, 1.54) is 18.5 Å². The Morgan fingerprint density at radius 1 is 1.15 bits per heavy atom. The summed E-state index contributed by atoms with van der Waals surface area (Å²) in [6, 6.07) is 8.41. The highest BCUT2D eigenvalue weighted by Crippen LogP contribution is 2.36. The van der Waals surface area contributed by atoms with E-state index in [-0.39, 0.29) is 23.3 Å². The number of nitrogens with zero attached hydrogens (tertiary/aromatic N) is 3. The Bertz CT molecular complexity index is 1340. The molecule has 0 spiro atoms. The minimum atomic E-state index is -0.527. The Kier molecular flexibility index (Phi) is 7.95. The fourth-order valence-electron chi connectivity index (χ4n) is 4.64. The van der Waals surface area contributed by atoms with Crippen molar-refractivity contribution in [3.63, 3.8) is 0 Å². The largest absolute Gasteiger partial charge is 0.486 e. The third kappa shape index (κ3) is 6.80. The highest BCUT2D eigenvalue weighted by molar-refractivity contribution is 6.31. The summed E-state index contributed by atoms with van der Waals surface area (Å²) in [6.07, 6.45) is 3.47. The van der Waals surface area contributed by atoms with Crippen LogP contribution in [-0.2, 0) is 9.47 Å². The minimum Gasteiger partial charge on any atom is -0.486 e. The van der Waals surface area contributed by atoms with Crippen LogP contribution in [0.25, 0.3) is 10.9 Å². The fraction of sp³-hybridized carbons (Fsp3) is 0.464. The number of carbonyl (C=O) groups excluding carboxylic acids is 1. The van der Waals surface area contributed by atoms with E-state index in [2.05, 4.69) is 20.6 Å². The van der Waals surface area contributed by atoms with E-state index in [0.29, 0.717) is 49.1 Å². The molecule has 2 aliphatic rings. The summed E-state index contributed by atoms with van der Waals surface area (Å²) in [5.74, 6) is 0.750. The van der Waals surface area contributed by atoms with Crippen LogP contribution in [0.4, 0.5) is 26.4 Å². The number of rotatable bonds is 6. The van der Waals surface area contributed by atoms with Gasteiger partial charge < -0.3 is 29.7 Å². The number of nitrogens with one attached hydrogen (secondary N) is 2. The molecule has 2 fully saturated rings. The number of likely N-dealkylation sites (tertiary alicyclic amines) is 1. The monoisotopic (exact) mass is 557 g/mol. The number of aromatic nitrogens is 2. The van der Waals surface area contributed by atoms with Crippen LogP contribution < -0.4 is 15.4 Å². The molecular formula is C28H33ClFN5O4. The van der Waals surface area contributed by atoms with Gasteiger partial charge in [0.05, 0.1) is 29.4 Å². The Labute approximate surface area is 232 Å². The number of carbonyl (C=O) groups is 1. The van der Waals surface area contributed by atoms with Crippen molar-refractivity contribution in [2.45, 2.75) is 57.8 Å². The molecule has 208 valence electrons. The van der Waals surface area contributed by atoms with Crippen LogP contribution in [0, 0.1) is 5.82 Å². The van der Waals surface area contributed by atoms with Crippen LogP contribution in [0.3, 0.4) is 0 Å². The predicted molar refractivity (Wildman–Crippen MR) is 149 cm³/mol. The van der Waals surface area contributed by atoms with Gasteiger partial charge in [-0.05, 0) is 57.9 Å². The molecule has 0 unspecified atom stereocenters. The summed E-state index contributed by atoms with van der Waals surface area (Å²) in [6.45, 7) is 7.99. The van der Waals surface area contributed by atoms with Crippen molar-refractivity contribution in [3.8, 4) is 5.75 Å². The lowest BCUT2D eigenvalue weighted by Gasteiger charge is -2.34. The van der Waals surface area contributed by atoms with Crippen molar-refractivity contribution in [1.29, 1.82) is 0 Å². The predicted octanol–water partition coefficient (Wildman–Crippen LogP) is 6.15. The van der Waals surface area contributed by atoms with Gasteiger partial charge in [-0.3, -0.25) is 0 Å². The zero-order valence-electron chi connectivity index (χ0n) is 22.3. The number of amides is 1. The van der Waals surface area contributed by atoms with Crippen molar-refractivity contribution >= 4 is 45.8 Å². The third-order valence-electron chi connectivity index (χ3n) is 6.61. The van der Waals surface area contributed by atoms with Crippen LogP contribution in [0.2, 0.25) is 5.02 Å². The van der Waals surface area contributed by atoms with Gasteiger partial charge in [0.1, 0.15) is 35.4 Å². The summed E-state index contributed by atoms with van der Waals surface area (Å²) in [7, 11) is 0. The summed E-state index contributed by atoms with van der Waals surface area (Å²) in [5.41, 5.74) is 1.58. The van der Waals surface area contributed by atoms with Gasteiger partial charge in [-0.15, -0.1) is 0 Å². The van der Waals surface area contributed by atoms with Crippen molar-refractivity contribution in [2.75, 3.05) is 36.9 Å². The molecule has 0 radical (unpaired) electrons. The van der Waals surface area contributed by atoms with Gasteiger partial charge in [-0.2, -0.15) is 0 Å². The molecular weight excluding hydrogens is 525 g/mol. The van der Waals surface area contributed by atoms with Gasteiger partial charge >= 0.3 is 6.09 Å². The number of halogens is 2. The Balaban J connectivity index is 1.39. The lowest BCUT2D eigenvalue weighted by molar-refractivity contribution is 0.0210. The van der Waals surface area contributed by atoms with Crippen LogP contribution in [0.15, 0.2) is 36.7 Å². The van der Waals surface area contributed by atoms with Gasteiger partial charge in [0, 0.05) is 42.7 Å². The normalized spacial score (nSPS) is 18.3. The molecule has 3 heterocycles. The topological polar surface area (TPSA) is 97.8 Å². The molecule has 2 saturated heterocycles. The van der Waals surface area contributed by atoms with Gasteiger partial charge in [0.2, 0.25) is 0 Å². The lowest BCUT2D eigenvalue weighted by atomic mass is 10.0. The lowest BCUT2D eigenvalue weighted by Crippen LogP contribution is -2.44. The molecule has 3 aromatic rings. The minimum absolute atomic E-state index is 0.0212. The van der Waals surface area contributed by atoms with Crippen molar-refractivity contribution in [2.24, 2.45) is 0 Å². The van der Waals surface area contributed by atoms with E-state index < -0.39 is 11.4 Å². The average molecular weight is 558 g/mol. The molecule has 2 aromatic carbocycles. The number of fused-ring (bicyclic) bond motifs is 1. The Morgan fingerprint density at radius 3 is 2.64 bits per heavy atom. The van der Waals surface area contributed by atoms with E-state index >= 15 is 0 Å². The standard InChI is InChI=1S/C28H33ClFN5O4/c1-28(2,3)39-27(36)35-9-6-17(7-10-35)33-24-13-20-23(14-25(24)38-19-8-11-37-15-19)31-16-32-26(20)34-18-4-5-22(30)21(29)12-18/h4-5,12-14,16-17,19,33H,6-11,15H2,1-3H3,(H,31,32,34)/t19-/m0/s1. The molecule has 1 amide bonds. The number of anilines is 3. The molecule has 39 heavy (non-hydrogen) atoms. The molecule has 1 atom stereocenters. The average Bonchev–Trinajstić information content (AvgIpc) is 3.39. The highest BCUT2D eigenvalue weighted by Gasteiger charge is 2.28. The summed E-state index contributed by atoms with van der Waals surface area (Å²) < 4.78 is 31.1. The molecule has 2 aliphatic heterocycles. The van der Waals surface area contributed by atoms with Crippen LogP contribution in [0.5, 0.6) is 5.75 Å². The second kappa shape index (κ2) is 11.4. The number of hydrogen-bond acceptors (Lipinski definition) is 8. The van der Waals surface area contributed by atoms with Gasteiger partial charge in [-0.1, -0.05) is 11.6 Å². The van der Waals surface area contributed by atoms with E-state index in [9.17, 15) is 9.18 Å². The van der Waals surface area contributed by atoms with Gasteiger partial charge in [-0.25, -0.2) is 19.2 Å². The third-order valence-corrected chi connectivity index (χ3v) is 6.90. The molecule has 9 nitrogen and oxygen atoms in total. The highest BCUT2D eigenvalue weighted by atomic mass is 35.5. The number of hydrogen-bond donors (Lipinski definition) is 2. The quantitative estimate of drug-likeness (QED) is 0.373. The number of benzene rings is 2. The molecule has 0 bridgehead atoms. The summed E-state index contributed by atoms with van der Waals surface area (Å²) in [5, 5.41) is 7.65. The maximum Gasteiger partial charge on any atom is 0.410 e. The molecule has 0 aliphatic carbocycles. The van der Waals surface area contributed by atoms with Crippen molar-refractivity contribution < 1.29 is 23.4 Å². The summed E-state index contributed by atoms with van der Waals surface area (Å²) >= 11 is 5.98. The first-order chi connectivity index (χ1) is 18.6. The van der Waals surface area contributed by atoms with E-state index in [0.717, 1.165) is 30.3 Å². The first-order valence-corrected chi connectivity index (χ1v) is 13.5. The zero-order valence-corrected chi connectivity index (χ0v) is 23.1. The maximum atomic E-state index is 13.7. The second-order valence-electron chi connectivity index (χ2n) is 10.8. The fourth-order valence-corrected chi connectivity index (χ4v) is 4.82. The molecule has 5 rings (SSSR count). The van der Waals surface area contributed by atoms with Crippen LogP contribution in [0.1, 0.15) is 40.0 Å². The maximum absolute atomic E-state index is 13.7. The Morgan fingerprint density at radius 2 is 1.95 bits per heavy atom. The second-order valence-corrected chi connectivity index (χ2v) is 11.2. The molecule has 1 aromatic heterocycles. The number of piperidine rings is 1. The van der Waals surface area contributed by atoms with Crippen LogP contribution >= 0.6 is 11.6 Å². The summed E-state index contributed by atoms with van der Waals surface area (Å²) in [4.78, 5) is 23.1. The first kappa shape index (κ1) is 27.2. The Hall–Kier alpha value is -3.37. The van der Waals surface area contributed by atoms with E-state index in [1.54, 1.807) is 11.0 Å². The SMILES string of the molecule is CC(C)(C)OC(=O)N1CCC(Nc2cc3c(Nc4ccc(F)c(Cl)c4)ncnc3cc2O[C@H]2CCOC2)CC1. The number of ether oxygens (including phenoxy) is 3. The van der Waals surface area contributed by atoms with Gasteiger partial charge in [0.15, 0.2) is 0 Å². The molecule has 2 N–H and O–H groups in total. The first-order valence-electron chi connectivity index (χ1n) is 13.1. The van der Waals surface area contributed by atoms with Crippen molar-refractivity contribution in [1.82, 2.24) is 14.9 Å². The zero-order chi connectivity index (χ0) is 27.6. The molecule has 0 saturated carbocycles. The van der Waals surface area contributed by atoms with Gasteiger partial charge in [0.25, 0.3) is 0 Å².